The molecule has 0 saturated heterocycles. The molecule has 8 nitrogen and oxygen atoms in total. The van der Waals surface area contributed by atoms with E-state index < -0.39 is 46.5 Å². The van der Waals surface area contributed by atoms with Crippen LogP contribution in [0.1, 0.15) is 0 Å². The fourth-order valence-electron chi connectivity index (χ4n) is 0.923. The number of allylic oxidation sites excluding steroid dienone is 2. The summed E-state index contributed by atoms with van der Waals surface area (Å²) in [4.78, 5) is 44.2. The number of carbonyl (C=O) groups is 4. The topological polar surface area (TPSA) is 126 Å². The minimum Gasteiger partial charge on any atom is -0.289 e. The molecule has 0 aromatic heterocycles. The summed E-state index contributed by atoms with van der Waals surface area (Å²) in [6.45, 7) is 3.90. The zero-order chi connectivity index (χ0) is 15.2. The number of carbonyl (C=O) groups excluding carboxylic acids is 4. The van der Waals surface area contributed by atoms with E-state index >= 15 is 0 Å². The van der Waals surface area contributed by atoms with Crippen LogP contribution in [0.25, 0.3) is 0 Å². The van der Waals surface area contributed by atoms with Crippen LogP contribution in [0.5, 0.6) is 0 Å². The van der Waals surface area contributed by atoms with Gasteiger partial charge in [-0.2, -0.15) is 12.7 Å². The Morgan fingerprint density at radius 2 is 1.26 bits per heavy atom. The second kappa shape index (κ2) is 6.83. The summed E-state index contributed by atoms with van der Waals surface area (Å²) in [5, 5.41) is 0. The van der Waals surface area contributed by atoms with Crippen molar-refractivity contribution in [1.82, 2.24) is 4.31 Å². The van der Waals surface area contributed by atoms with Gasteiger partial charge in [-0.3, -0.25) is 23.7 Å². The van der Waals surface area contributed by atoms with Crippen LogP contribution in [0.4, 0.5) is 0 Å². The van der Waals surface area contributed by atoms with Gasteiger partial charge in [-0.15, -0.1) is 0 Å². The van der Waals surface area contributed by atoms with Crippen LogP contribution >= 0.6 is 0 Å². The first-order valence-electron chi connectivity index (χ1n) is 4.75. The van der Waals surface area contributed by atoms with Gasteiger partial charge in [-0.25, -0.2) is 0 Å². The van der Waals surface area contributed by atoms with Crippen molar-refractivity contribution in [1.29, 1.82) is 0 Å². The van der Waals surface area contributed by atoms with Crippen molar-refractivity contribution >= 4 is 33.4 Å². The maximum Gasteiger partial charge on any atom is 0.336 e. The molecule has 9 heteroatoms. The number of rotatable bonds is 9. The molecule has 0 aliphatic heterocycles. The van der Waals surface area contributed by atoms with Gasteiger partial charge in [0, 0.05) is 0 Å². The Morgan fingerprint density at radius 3 is 1.47 bits per heavy atom. The fraction of sp³-hybridized carbons (Fsp3) is 0.200. The van der Waals surface area contributed by atoms with Gasteiger partial charge in [0.25, 0.3) is 0 Å². The molecule has 0 heterocycles. The van der Waals surface area contributed by atoms with E-state index in [2.05, 4.69) is 13.2 Å². The number of ketones is 4. The lowest BCUT2D eigenvalue weighted by molar-refractivity contribution is -0.135. The predicted octanol–water partition coefficient (Wildman–Crippen LogP) is -1.26. The van der Waals surface area contributed by atoms with Crippen molar-refractivity contribution < 1.29 is 32.1 Å². The molecule has 0 fully saturated rings. The number of hydrogen-bond donors (Lipinski definition) is 1. The maximum absolute atomic E-state index is 11.2. The van der Waals surface area contributed by atoms with E-state index in [1.165, 1.54) is 0 Å². The molecule has 0 bridgehead atoms. The lowest BCUT2D eigenvalue weighted by Crippen LogP contribution is -2.42. The molecular formula is C10H11NO7S. The summed E-state index contributed by atoms with van der Waals surface area (Å²) in [6, 6.07) is 0. The van der Waals surface area contributed by atoms with Crippen molar-refractivity contribution in [3.63, 3.8) is 0 Å². The molecular weight excluding hydrogens is 278 g/mol. The fourth-order valence-corrected chi connectivity index (χ4v) is 1.48. The van der Waals surface area contributed by atoms with E-state index in [-0.39, 0.29) is 4.31 Å². The van der Waals surface area contributed by atoms with Gasteiger partial charge >= 0.3 is 10.3 Å². The smallest absolute Gasteiger partial charge is 0.289 e. The van der Waals surface area contributed by atoms with Gasteiger partial charge in [0.05, 0.1) is 13.1 Å². The first-order valence-corrected chi connectivity index (χ1v) is 6.15. The minimum atomic E-state index is -4.92. The molecule has 0 saturated carbocycles. The number of hydrogen-bond acceptors (Lipinski definition) is 6. The van der Waals surface area contributed by atoms with Crippen LogP contribution in [0.2, 0.25) is 0 Å². The molecule has 0 aliphatic rings. The summed E-state index contributed by atoms with van der Waals surface area (Å²) in [6.07, 6.45) is 1.31. The van der Waals surface area contributed by atoms with E-state index in [9.17, 15) is 27.6 Å². The first kappa shape index (κ1) is 17.0. The largest absolute Gasteiger partial charge is 0.336 e. The van der Waals surface area contributed by atoms with E-state index in [4.69, 9.17) is 4.55 Å². The van der Waals surface area contributed by atoms with Crippen LogP contribution < -0.4 is 0 Å². The Bertz CT molecular complexity index is 512. The standard InChI is InChI=1S/C10H11NO7S/c1-3-7(12)9(14)5-11(19(16,17)18)6-10(15)8(13)4-2/h3-4H,1-2,5-6H2,(H,16,17,18). The highest BCUT2D eigenvalue weighted by Gasteiger charge is 2.28. The minimum absolute atomic E-state index is 0.000463. The van der Waals surface area contributed by atoms with Gasteiger partial charge in [0.1, 0.15) is 0 Å². The van der Waals surface area contributed by atoms with Crippen LogP contribution in [-0.2, 0) is 29.5 Å². The van der Waals surface area contributed by atoms with Crippen LogP contribution in [0, 0.1) is 0 Å². The highest BCUT2D eigenvalue weighted by molar-refractivity contribution is 7.83. The third kappa shape index (κ3) is 5.46. The monoisotopic (exact) mass is 289 g/mol. The van der Waals surface area contributed by atoms with Gasteiger partial charge in [0.2, 0.25) is 23.1 Å². The molecule has 0 aromatic rings. The summed E-state index contributed by atoms with van der Waals surface area (Å²) in [7, 11) is -4.92. The molecule has 0 aliphatic carbocycles. The third-order valence-corrected chi connectivity index (χ3v) is 2.80. The predicted molar refractivity (Wildman–Crippen MR) is 63.5 cm³/mol. The van der Waals surface area contributed by atoms with Gasteiger partial charge in [-0.05, 0) is 12.2 Å². The Kier molecular flexibility index (Phi) is 6.12. The Labute approximate surface area is 109 Å². The van der Waals surface area contributed by atoms with E-state index in [0.717, 1.165) is 0 Å². The number of nitrogens with zero attached hydrogens (tertiary/aromatic N) is 1. The Morgan fingerprint density at radius 1 is 0.947 bits per heavy atom. The molecule has 0 aromatic carbocycles. The lowest BCUT2D eigenvalue weighted by Gasteiger charge is -2.15. The van der Waals surface area contributed by atoms with Gasteiger partial charge in [0.15, 0.2) is 0 Å². The highest BCUT2D eigenvalue weighted by atomic mass is 32.2. The van der Waals surface area contributed by atoms with Crippen molar-refractivity contribution in [2.24, 2.45) is 0 Å². The zero-order valence-electron chi connectivity index (χ0n) is 9.74. The first-order chi connectivity index (χ1) is 8.63. The zero-order valence-corrected chi connectivity index (χ0v) is 10.6. The summed E-state index contributed by atoms with van der Waals surface area (Å²) in [5.41, 5.74) is 0. The van der Waals surface area contributed by atoms with E-state index in [0.29, 0.717) is 12.2 Å². The lowest BCUT2D eigenvalue weighted by atomic mass is 10.2. The summed E-state index contributed by atoms with van der Waals surface area (Å²) >= 11 is 0. The Balaban J connectivity index is 5.06. The van der Waals surface area contributed by atoms with Crippen LogP contribution in [-0.4, -0.2) is 53.5 Å². The summed E-state index contributed by atoms with van der Waals surface area (Å²) in [5.74, 6) is -4.58. The average Bonchev–Trinajstić information content (AvgIpc) is 2.34. The molecule has 0 radical (unpaired) electrons. The molecule has 0 amide bonds. The van der Waals surface area contributed by atoms with Gasteiger partial charge < -0.3 is 0 Å². The molecule has 1 N–H and O–H groups in total. The Hall–Kier alpha value is -1.97. The van der Waals surface area contributed by atoms with Crippen molar-refractivity contribution in [2.45, 2.75) is 0 Å². The number of Topliss-reactive ketones (excluding diaryl/α,β-unsaturated/α-hetero) is 2. The molecule has 0 rings (SSSR count). The van der Waals surface area contributed by atoms with Crippen molar-refractivity contribution in [3.8, 4) is 0 Å². The van der Waals surface area contributed by atoms with E-state index in [1.54, 1.807) is 0 Å². The van der Waals surface area contributed by atoms with E-state index in [1.807, 2.05) is 0 Å². The third-order valence-electron chi connectivity index (χ3n) is 1.89. The second-order valence-electron chi connectivity index (χ2n) is 3.23. The van der Waals surface area contributed by atoms with Crippen molar-refractivity contribution in [2.75, 3.05) is 13.1 Å². The highest BCUT2D eigenvalue weighted by Crippen LogP contribution is 1.99. The maximum atomic E-state index is 11.2. The SMILES string of the molecule is C=CC(=O)C(=O)CN(CC(=O)C(=O)C=C)S(=O)(=O)O. The normalized spacial score (nSPS) is 10.8. The quantitative estimate of drug-likeness (QED) is 0.319. The van der Waals surface area contributed by atoms with Crippen LogP contribution in [0.3, 0.4) is 0 Å². The average molecular weight is 289 g/mol. The molecule has 104 valence electrons. The molecule has 0 unspecified atom stereocenters. The molecule has 0 atom stereocenters. The molecule has 19 heavy (non-hydrogen) atoms. The van der Waals surface area contributed by atoms with Crippen LogP contribution in [0.15, 0.2) is 25.3 Å². The second-order valence-corrected chi connectivity index (χ2v) is 4.64. The molecule has 0 spiro atoms. The van der Waals surface area contributed by atoms with Crippen molar-refractivity contribution in [3.05, 3.63) is 25.3 Å². The summed E-state index contributed by atoms with van der Waals surface area (Å²) < 4.78 is 30.7. The van der Waals surface area contributed by atoms with Gasteiger partial charge in [-0.1, -0.05) is 13.2 Å².